The third kappa shape index (κ3) is 3.51. The molecule has 0 bridgehead atoms. The van der Waals surface area contributed by atoms with Crippen LogP contribution in [-0.2, 0) is 4.74 Å². The van der Waals surface area contributed by atoms with E-state index < -0.39 is 6.10 Å². The molecule has 1 heterocycles. The summed E-state index contributed by atoms with van der Waals surface area (Å²) < 4.78 is 18.4. The van der Waals surface area contributed by atoms with Crippen LogP contribution in [0.2, 0.25) is 0 Å². The summed E-state index contributed by atoms with van der Waals surface area (Å²) in [5.41, 5.74) is 0.616. The van der Waals surface area contributed by atoms with Gasteiger partial charge in [-0.2, -0.15) is 0 Å². The molecule has 1 aliphatic heterocycles. The monoisotopic (exact) mass is 253 g/mol. The summed E-state index contributed by atoms with van der Waals surface area (Å²) in [6.07, 6.45) is 1.19. The number of ether oxygens (including phenoxy) is 1. The molecular formula is C14H20FNO2. The van der Waals surface area contributed by atoms with Gasteiger partial charge in [-0.1, -0.05) is 12.1 Å². The van der Waals surface area contributed by atoms with Crippen LogP contribution < -0.4 is 5.32 Å². The number of rotatable bonds is 4. The van der Waals surface area contributed by atoms with E-state index in [1.54, 1.807) is 12.1 Å². The minimum atomic E-state index is -0.680. The lowest BCUT2D eigenvalue weighted by molar-refractivity contribution is 0.0388. The van der Waals surface area contributed by atoms with E-state index in [9.17, 15) is 9.50 Å². The summed E-state index contributed by atoms with van der Waals surface area (Å²) in [5, 5.41) is 13.4. The van der Waals surface area contributed by atoms with Crippen molar-refractivity contribution in [3.8, 4) is 0 Å². The fourth-order valence-corrected chi connectivity index (χ4v) is 2.17. The van der Waals surface area contributed by atoms with Gasteiger partial charge in [0.15, 0.2) is 0 Å². The molecular weight excluding hydrogens is 233 g/mol. The van der Waals surface area contributed by atoms with Gasteiger partial charge in [0.1, 0.15) is 5.82 Å². The van der Waals surface area contributed by atoms with E-state index in [1.165, 1.54) is 12.1 Å². The lowest BCUT2D eigenvalue weighted by Crippen LogP contribution is -2.48. The van der Waals surface area contributed by atoms with Crippen molar-refractivity contribution in [2.45, 2.75) is 31.4 Å². The first kappa shape index (κ1) is 13.5. The van der Waals surface area contributed by atoms with Crippen LogP contribution in [0, 0.1) is 5.82 Å². The largest absolute Gasteiger partial charge is 0.387 e. The van der Waals surface area contributed by atoms with Crippen molar-refractivity contribution >= 4 is 0 Å². The van der Waals surface area contributed by atoms with Crippen LogP contribution >= 0.6 is 0 Å². The Bertz CT molecular complexity index is 391. The highest BCUT2D eigenvalue weighted by atomic mass is 19.1. The summed E-state index contributed by atoms with van der Waals surface area (Å²) in [5.74, 6) is -0.316. The highest BCUT2D eigenvalue weighted by Gasteiger charge is 2.27. The molecule has 0 saturated carbocycles. The molecule has 0 amide bonds. The molecule has 1 fully saturated rings. The number of hydrogen-bond donors (Lipinski definition) is 2. The zero-order valence-electron chi connectivity index (χ0n) is 10.7. The summed E-state index contributed by atoms with van der Waals surface area (Å²) in [7, 11) is 0. The molecule has 2 rings (SSSR count). The van der Waals surface area contributed by atoms with Crippen molar-refractivity contribution in [2.75, 3.05) is 19.8 Å². The zero-order chi connectivity index (χ0) is 13.0. The summed E-state index contributed by atoms with van der Waals surface area (Å²) in [6, 6.07) is 6.11. The minimum Gasteiger partial charge on any atom is -0.387 e. The van der Waals surface area contributed by atoms with Crippen LogP contribution in [0.3, 0.4) is 0 Å². The predicted molar refractivity (Wildman–Crippen MR) is 67.8 cm³/mol. The van der Waals surface area contributed by atoms with E-state index in [1.807, 2.05) is 0 Å². The fourth-order valence-electron chi connectivity index (χ4n) is 2.17. The lowest BCUT2D eigenvalue weighted by atomic mass is 9.92. The Labute approximate surface area is 107 Å². The number of aliphatic hydroxyl groups is 1. The summed E-state index contributed by atoms with van der Waals surface area (Å²) in [6.45, 7) is 4.06. The standard InChI is InChI=1S/C14H20FNO2/c1-14(5-7-18-8-6-14)16-10-13(17)11-3-2-4-12(15)9-11/h2-4,9,13,16-17H,5-8,10H2,1H3. The Balaban J connectivity index is 1.89. The molecule has 1 atom stereocenters. The lowest BCUT2D eigenvalue weighted by Gasteiger charge is -2.35. The fraction of sp³-hybridized carbons (Fsp3) is 0.571. The molecule has 1 saturated heterocycles. The highest BCUT2D eigenvalue weighted by molar-refractivity contribution is 5.19. The average molecular weight is 253 g/mol. The van der Waals surface area contributed by atoms with Gasteiger partial charge in [-0.25, -0.2) is 4.39 Å². The van der Waals surface area contributed by atoms with E-state index in [-0.39, 0.29) is 11.4 Å². The summed E-state index contributed by atoms with van der Waals surface area (Å²) >= 11 is 0. The maximum absolute atomic E-state index is 13.0. The second-order valence-corrected chi connectivity index (χ2v) is 5.12. The van der Waals surface area contributed by atoms with Gasteiger partial charge in [-0.05, 0) is 37.5 Å². The summed E-state index contributed by atoms with van der Waals surface area (Å²) in [4.78, 5) is 0. The number of β-amino-alcohol motifs (C(OH)–C–C–N with tert-alkyl or cyclic N) is 1. The van der Waals surface area contributed by atoms with Crippen LogP contribution in [-0.4, -0.2) is 30.4 Å². The number of nitrogens with one attached hydrogen (secondary N) is 1. The van der Waals surface area contributed by atoms with E-state index in [2.05, 4.69) is 12.2 Å². The van der Waals surface area contributed by atoms with Gasteiger partial charge in [0.2, 0.25) is 0 Å². The number of halogens is 1. The minimum absolute atomic E-state index is 0.00650. The molecule has 18 heavy (non-hydrogen) atoms. The van der Waals surface area contributed by atoms with Crippen LogP contribution in [0.1, 0.15) is 31.4 Å². The predicted octanol–water partition coefficient (Wildman–Crippen LogP) is 2.02. The van der Waals surface area contributed by atoms with Gasteiger partial charge in [0.25, 0.3) is 0 Å². The molecule has 3 nitrogen and oxygen atoms in total. The van der Waals surface area contributed by atoms with Crippen molar-refractivity contribution in [1.29, 1.82) is 0 Å². The van der Waals surface area contributed by atoms with Crippen molar-refractivity contribution in [1.82, 2.24) is 5.32 Å². The molecule has 0 radical (unpaired) electrons. The quantitative estimate of drug-likeness (QED) is 0.862. The number of hydrogen-bond acceptors (Lipinski definition) is 3. The maximum Gasteiger partial charge on any atom is 0.123 e. The molecule has 1 unspecified atom stereocenters. The molecule has 0 aromatic heterocycles. The first-order valence-corrected chi connectivity index (χ1v) is 6.35. The Morgan fingerprint density at radius 2 is 2.17 bits per heavy atom. The molecule has 0 spiro atoms. The van der Waals surface area contributed by atoms with Gasteiger partial charge in [0, 0.05) is 25.3 Å². The van der Waals surface area contributed by atoms with Crippen molar-refractivity contribution < 1.29 is 14.2 Å². The molecule has 2 N–H and O–H groups in total. The zero-order valence-corrected chi connectivity index (χ0v) is 10.7. The molecule has 4 heteroatoms. The Kier molecular flexibility index (Phi) is 4.32. The van der Waals surface area contributed by atoms with Gasteiger partial charge in [0.05, 0.1) is 6.10 Å². The Morgan fingerprint density at radius 1 is 1.44 bits per heavy atom. The second-order valence-electron chi connectivity index (χ2n) is 5.12. The first-order chi connectivity index (χ1) is 8.59. The third-order valence-corrected chi connectivity index (χ3v) is 3.55. The van der Waals surface area contributed by atoms with Crippen LogP contribution in [0.25, 0.3) is 0 Å². The van der Waals surface area contributed by atoms with E-state index in [0.29, 0.717) is 12.1 Å². The van der Waals surface area contributed by atoms with Gasteiger partial charge < -0.3 is 15.2 Å². The number of benzene rings is 1. The Hall–Kier alpha value is -0.970. The molecule has 0 aliphatic carbocycles. The van der Waals surface area contributed by atoms with Crippen molar-refractivity contribution in [3.63, 3.8) is 0 Å². The van der Waals surface area contributed by atoms with Crippen molar-refractivity contribution in [2.24, 2.45) is 0 Å². The van der Waals surface area contributed by atoms with Gasteiger partial charge in [-0.15, -0.1) is 0 Å². The second kappa shape index (κ2) is 5.78. The third-order valence-electron chi connectivity index (χ3n) is 3.55. The molecule has 100 valence electrons. The van der Waals surface area contributed by atoms with Gasteiger partial charge in [-0.3, -0.25) is 0 Å². The van der Waals surface area contributed by atoms with Crippen LogP contribution in [0.15, 0.2) is 24.3 Å². The van der Waals surface area contributed by atoms with Crippen LogP contribution in [0.5, 0.6) is 0 Å². The average Bonchev–Trinajstić information content (AvgIpc) is 2.37. The first-order valence-electron chi connectivity index (χ1n) is 6.35. The molecule has 1 aromatic rings. The highest BCUT2D eigenvalue weighted by Crippen LogP contribution is 2.21. The maximum atomic E-state index is 13.0. The smallest absolute Gasteiger partial charge is 0.123 e. The van der Waals surface area contributed by atoms with E-state index in [0.717, 1.165) is 26.1 Å². The molecule has 1 aromatic carbocycles. The SMILES string of the molecule is CC1(NCC(O)c2cccc(F)c2)CCOCC1. The van der Waals surface area contributed by atoms with Crippen LogP contribution in [0.4, 0.5) is 4.39 Å². The van der Waals surface area contributed by atoms with Crippen molar-refractivity contribution in [3.05, 3.63) is 35.6 Å². The normalized spacial score (nSPS) is 20.6. The Morgan fingerprint density at radius 3 is 2.83 bits per heavy atom. The van der Waals surface area contributed by atoms with Gasteiger partial charge >= 0.3 is 0 Å². The van der Waals surface area contributed by atoms with E-state index >= 15 is 0 Å². The molecule has 1 aliphatic rings. The van der Waals surface area contributed by atoms with E-state index in [4.69, 9.17) is 4.74 Å². The number of aliphatic hydroxyl groups excluding tert-OH is 1. The topological polar surface area (TPSA) is 41.5 Å².